The second kappa shape index (κ2) is 9.94. The lowest BCUT2D eigenvalue weighted by Crippen LogP contribution is -2.42. The fourth-order valence-corrected chi connectivity index (χ4v) is 4.21. The molecule has 0 atom stereocenters. The number of nitrogens with zero attached hydrogens (tertiary/aromatic N) is 3. The maximum absolute atomic E-state index is 12.6. The standard InChI is InChI=1S/C26H27N7O2/c1-17(34)28-22-5-2-4-19(16-22)23-6-3-7-24-31-26(32-33(23)24)30-20-10-8-18(9-11-20)25(35)29-21-12-14-27-15-13-21/h2-11,16,21,27H,12-15H2,1H3,(H,28,34)(H,29,35)(H,30,32). The van der Waals surface area contributed by atoms with E-state index in [1.54, 1.807) is 16.6 Å². The summed E-state index contributed by atoms with van der Waals surface area (Å²) in [7, 11) is 0. The molecule has 0 bridgehead atoms. The molecule has 9 heteroatoms. The fourth-order valence-electron chi connectivity index (χ4n) is 4.21. The van der Waals surface area contributed by atoms with Crippen LogP contribution in [0.25, 0.3) is 16.9 Å². The van der Waals surface area contributed by atoms with Crippen LogP contribution in [0.1, 0.15) is 30.1 Å². The monoisotopic (exact) mass is 469 g/mol. The summed E-state index contributed by atoms with van der Waals surface area (Å²) in [6.45, 7) is 3.35. The van der Waals surface area contributed by atoms with Crippen LogP contribution in [0.4, 0.5) is 17.3 Å². The zero-order valence-electron chi connectivity index (χ0n) is 19.4. The molecule has 1 saturated heterocycles. The molecular weight excluding hydrogens is 442 g/mol. The molecule has 0 unspecified atom stereocenters. The van der Waals surface area contributed by atoms with Crippen molar-refractivity contribution in [3.05, 3.63) is 72.3 Å². The number of aromatic nitrogens is 3. The smallest absolute Gasteiger partial charge is 0.251 e. The van der Waals surface area contributed by atoms with Crippen molar-refractivity contribution in [2.75, 3.05) is 23.7 Å². The molecule has 4 aromatic rings. The van der Waals surface area contributed by atoms with Crippen molar-refractivity contribution in [2.45, 2.75) is 25.8 Å². The Morgan fingerprint density at radius 3 is 2.51 bits per heavy atom. The summed E-state index contributed by atoms with van der Waals surface area (Å²) in [5.74, 6) is 0.269. The highest BCUT2D eigenvalue weighted by atomic mass is 16.2. The number of rotatable bonds is 6. The van der Waals surface area contributed by atoms with Gasteiger partial charge in [0.2, 0.25) is 11.9 Å². The lowest BCUT2D eigenvalue weighted by molar-refractivity contribution is -0.114. The van der Waals surface area contributed by atoms with Gasteiger partial charge in [0.25, 0.3) is 5.91 Å². The number of piperidine rings is 1. The zero-order valence-corrected chi connectivity index (χ0v) is 19.4. The Labute approximate surface area is 203 Å². The number of pyridine rings is 1. The third-order valence-corrected chi connectivity index (χ3v) is 5.92. The maximum Gasteiger partial charge on any atom is 0.251 e. The van der Waals surface area contributed by atoms with Crippen molar-refractivity contribution in [1.29, 1.82) is 0 Å². The average molecular weight is 470 g/mol. The minimum Gasteiger partial charge on any atom is -0.349 e. The molecule has 2 aromatic heterocycles. The van der Waals surface area contributed by atoms with Crippen LogP contribution >= 0.6 is 0 Å². The highest BCUT2D eigenvalue weighted by Crippen LogP contribution is 2.24. The molecule has 35 heavy (non-hydrogen) atoms. The zero-order chi connectivity index (χ0) is 24.2. The third-order valence-electron chi connectivity index (χ3n) is 5.92. The van der Waals surface area contributed by atoms with Crippen molar-refractivity contribution in [3.8, 4) is 11.3 Å². The molecule has 3 heterocycles. The average Bonchev–Trinajstić information content (AvgIpc) is 3.27. The first kappa shape index (κ1) is 22.5. The van der Waals surface area contributed by atoms with E-state index in [9.17, 15) is 9.59 Å². The highest BCUT2D eigenvalue weighted by molar-refractivity contribution is 5.94. The van der Waals surface area contributed by atoms with Crippen molar-refractivity contribution in [1.82, 2.24) is 25.2 Å². The normalized spacial score (nSPS) is 14.0. The predicted molar refractivity (Wildman–Crippen MR) is 136 cm³/mol. The first-order valence-corrected chi connectivity index (χ1v) is 11.7. The summed E-state index contributed by atoms with van der Waals surface area (Å²) < 4.78 is 1.76. The molecule has 2 aromatic carbocycles. The van der Waals surface area contributed by atoms with Crippen molar-refractivity contribution >= 4 is 34.8 Å². The Morgan fingerprint density at radius 1 is 0.971 bits per heavy atom. The Balaban J connectivity index is 1.32. The molecule has 178 valence electrons. The Hall–Kier alpha value is -4.24. The van der Waals surface area contributed by atoms with E-state index in [4.69, 9.17) is 0 Å². The van der Waals surface area contributed by atoms with E-state index in [0.29, 0.717) is 17.2 Å². The summed E-state index contributed by atoms with van der Waals surface area (Å²) in [6.07, 6.45) is 1.90. The molecule has 1 fully saturated rings. The molecular formula is C26H27N7O2. The quantitative estimate of drug-likeness (QED) is 0.343. The first-order chi connectivity index (χ1) is 17.0. The molecule has 5 rings (SSSR count). The van der Waals surface area contributed by atoms with E-state index >= 15 is 0 Å². The van der Waals surface area contributed by atoms with Gasteiger partial charge in [-0.3, -0.25) is 9.59 Å². The van der Waals surface area contributed by atoms with E-state index in [0.717, 1.165) is 48.6 Å². The number of nitrogens with one attached hydrogen (secondary N) is 4. The summed E-state index contributed by atoms with van der Waals surface area (Å²) in [4.78, 5) is 28.6. The largest absolute Gasteiger partial charge is 0.349 e. The van der Waals surface area contributed by atoms with Crippen LogP contribution < -0.4 is 21.3 Å². The van der Waals surface area contributed by atoms with Gasteiger partial charge in [-0.15, -0.1) is 5.10 Å². The van der Waals surface area contributed by atoms with Crippen LogP contribution in [-0.4, -0.2) is 45.5 Å². The van der Waals surface area contributed by atoms with Gasteiger partial charge in [-0.2, -0.15) is 4.98 Å². The van der Waals surface area contributed by atoms with Crippen LogP contribution in [0.5, 0.6) is 0 Å². The van der Waals surface area contributed by atoms with Gasteiger partial charge in [-0.05, 0) is 74.5 Å². The summed E-state index contributed by atoms with van der Waals surface area (Å²) in [5.41, 5.74) is 4.57. The fraction of sp³-hybridized carbons (Fsp3) is 0.231. The van der Waals surface area contributed by atoms with Crippen LogP contribution in [0.2, 0.25) is 0 Å². The van der Waals surface area contributed by atoms with Gasteiger partial charge in [-0.1, -0.05) is 18.2 Å². The van der Waals surface area contributed by atoms with Crippen LogP contribution in [0, 0.1) is 0 Å². The van der Waals surface area contributed by atoms with E-state index < -0.39 is 0 Å². The second-order valence-corrected chi connectivity index (χ2v) is 8.58. The van der Waals surface area contributed by atoms with Gasteiger partial charge in [0.15, 0.2) is 5.65 Å². The molecule has 4 N–H and O–H groups in total. The molecule has 9 nitrogen and oxygen atoms in total. The van der Waals surface area contributed by atoms with Gasteiger partial charge in [-0.25, -0.2) is 4.52 Å². The van der Waals surface area contributed by atoms with Gasteiger partial charge in [0.05, 0.1) is 5.69 Å². The van der Waals surface area contributed by atoms with E-state index in [1.807, 2.05) is 54.6 Å². The third kappa shape index (κ3) is 5.30. The number of benzene rings is 2. The van der Waals surface area contributed by atoms with Gasteiger partial charge < -0.3 is 21.3 Å². The summed E-state index contributed by atoms with van der Waals surface area (Å²) in [5, 5.41) is 17.1. The summed E-state index contributed by atoms with van der Waals surface area (Å²) in [6, 6.07) is 20.9. The maximum atomic E-state index is 12.6. The first-order valence-electron chi connectivity index (χ1n) is 11.7. The van der Waals surface area contributed by atoms with Crippen molar-refractivity contribution in [3.63, 3.8) is 0 Å². The van der Waals surface area contributed by atoms with Crippen LogP contribution in [0.15, 0.2) is 66.7 Å². The van der Waals surface area contributed by atoms with E-state index in [1.165, 1.54) is 6.92 Å². The number of fused-ring (bicyclic) bond motifs is 1. The number of hydrogen-bond donors (Lipinski definition) is 4. The minimum absolute atomic E-state index is 0.0551. The lowest BCUT2D eigenvalue weighted by Gasteiger charge is -2.23. The topological polar surface area (TPSA) is 112 Å². The van der Waals surface area contributed by atoms with Crippen molar-refractivity contribution in [2.24, 2.45) is 0 Å². The molecule has 1 aliphatic rings. The van der Waals surface area contributed by atoms with E-state index in [2.05, 4.69) is 31.3 Å². The number of carbonyl (C=O) groups is 2. The SMILES string of the molecule is CC(=O)Nc1cccc(-c2cccc3nc(Nc4ccc(C(=O)NC5CCNCC5)cc4)nn23)c1. The summed E-state index contributed by atoms with van der Waals surface area (Å²) >= 11 is 0. The lowest BCUT2D eigenvalue weighted by atomic mass is 10.1. The molecule has 0 spiro atoms. The van der Waals surface area contributed by atoms with Crippen LogP contribution in [0.3, 0.4) is 0 Å². The van der Waals surface area contributed by atoms with E-state index in [-0.39, 0.29) is 17.9 Å². The molecule has 0 saturated carbocycles. The number of amides is 2. The Morgan fingerprint density at radius 2 is 1.74 bits per heavy atom. The van der Waals surface area contributed by atoms with Gasteiger partial charge in [0, 0.05) is 35.5 Å². The Bertz CT molecular complexity index is 1360. The van der Waals surface area contributed by atoms with Crippen molar-refractivity contribution < 1.29 is 9.59 Å². The molecule has 0 radical (unpaired) electrons. The minimum atomic E-state index is -0.123. The molecule has 0 aliphatic carbocycles. The second-order valence-electron chi connectivity index (χ2n) is 8.58. The van der Waals surface area contributed by atoms with Crippen LogP contribution in [-0.2, 0) is 4.79 Å². The number of hydrogen-bond acceptors (Lipinski definition) is 6. The van der Waals surface area contributed by atoms with Gasteiger partial charge in [0.1, 0.15) is 0 Å². The Kier molecular flexibility index (Phi) is 6.40. The molecule has 1 aliphatic heterocycles. The highest BCUT2D eigenvalue weighted by Gasteiger charge is 2.16. The van der Waals surface area contributed by atoms with Gasteiger partial charge >= 0.3 is 0 Å². The molecule has 2 amide bonds. The number of anilines is 3. The predicted octanol–water partition coefficient (Wildman–Crippen LogP) is 3.58. The number of carbonyl (C=O) groups excluding carboxylic acids is 2.